The van der Waals surface area contributed by atoms with Gasteiger partial charge in [0.15, 0.2) is 0 Å². The van der Waals surface area contributed by atoms with Crippen molar-refractivity contribution in [2.24, 2.45) is 0 Å². The van der Waals surface area contributed by atoms with Gasteiger partial charge in [-0.2, -0.15) is 0 Å². The van der Waals surface area contributed by atoms with Crippen molar-refractivity contribution in [2.75, 3.05) is 18.5 Å². The number of anilines is 1. The Labute approximate surface area is 136 Å². The molecule has 0 aliphatic heterocycles. The fourth-order valence-electron chi connectivity index (χ4n) is 2.18. The van der Waals surface area contributed by atoms with Gasteiger partial charge in [-0.1, -0.05) is 31.5 Å². The second-order valence-electron chi connectivity index (χ2n) is 5.45. The van der Waals surface area contributed by atoms with Crippen LogP contribution in [0.2, 0.25) is 0 Å². The third-order valence-corrected chi connectivity index (χ3v) is 3.65. The number of hydrogen-bond acceptors (Lipinski definition) is 3. The number of nitrogens with zero attached hydrogens (tertiary/aromatic N) is 2. The van der Waals surface area contributed by atoms with Crippen molar-refractivity contribution in [1.29, 1.82) is 0 Å². The minimum atomic E-state index is -0.321. The Kier molecular flexibility index (Phi) is 6.09. The lowest BCUT2D eigenvalue weighted by Crippen LogP contribution is -2.24. The van der Waals surface area contributed by atoms with Crippen molar-refractivity contribution in [1.82, 2.24) is 10.3 Å². The van der Waals surface area contributed by atoms with Gasteiger partial charge in [-0.05, 0) is 24.6 Å². The van der Waals surface area contributed by atoms with Gasteiger partial charge in [0.05, 0.1) is 5.56 Å². The highest BCUT2D eigenvalue weighted by atomic mass is 19.1. The minimum Gasteiger partial charge on any atom is -0.360 e. The van der Waals surface area contributed by atoms with Gasteiger partial charge in [0.2, 0.25) is 0 Å². The second kappa shape index (κ2) is 8.27. The highest BCUT2D eigenvalue weighted by Crippen LogP contribution is 2.11. The minimum absolute atomic E-state index is 0.156. The van der Waals surface area contributed by atoms with Gasteiger partial charge in [-0.25, -0.2) is 9.37 Å². The molecule has 4 nitrogen and oxygen atoms in total. The van der Waals surface area contributed by atoms with Gasteiger partial charge in [-0.15, -0.1) is 0 Å². The average molecular weight is 315 g/mol. The van der Waals surface area contributed by atoms with Crippen LogP contribution in [0.3, 0.4) is 0 Å². The molecule has 5 heteroatoms. The molecule has 1 amide bonds. The summed E-state index contributed by atoms with van der Waals surface area (Å²) in [7, 11) is 1.98. The molecule has 2 aromatic rings. The SMILES string of the molecule is CCCCN(C)c1ccc(C(=O)NCc2ccccc2F)cn1. The Morgan fingerprint density at radius 3 is 2.70 bits per heavy atom. The molecule has 0 aliphatic carbocycles. The predicted molar refractivity (Wildman–Crippen MR) is 90.0 cm³/mol. The van der Waals surface area contributed by atoms with E-state index in [2.05, 4.69) is 22.1 Å². The highest BCUT2D eigenvalue weighted by molar-refractivity contribution is 5.94. The Bertz CT molecular complexity index is 643. The summed E-state index contributed by atoms with van der Waals surface area (Å²) in [5, 5.41) is 2.71. The zero-order valence-corrected chi connectivity index (χ0v) is 13.6. The number of halogens is 1. The van der Waals surface area contributed by atoms with E-state index in [4.69, 9.17) is 0 Å². The number of aromatic nitrogens is 1. The molecule has 1 aromatic heterocycles. The standard InChI is InChI=1S/C18H22FN3O/c1-3-4-11-22(2)17-10-9-15(13-20-17)18(23)21-12-14-7-5-6-8-16(14)19/h5-10,13H,3-4,11-12H2,1-2H3,(H,21,23). The largest absolute Gasteiger partial charge is 0.360 e. The molecule has 0 spiro atoms. The van der Waals surface area contributed by atoms with Gasteiger partial charge in [0.25, 0.3) is 5.91 Å². The number of rotatable bonds is 7. The molecular formula is C18H22FN3O. The second-order valence-corrected chi connectivity index (χ2v) is 5.45. The Morgan fingerprint density at radius 2 is 2.04 bits per heavy atom. The lowest BCUT2D eigenvalue weighted by Gasteiger charge is -2.17. The van der Waals surface area contributed by atoms with E-state index in [1.54, 1.807) is 30.5 Å². The van der Waals surface area contributed by atoms with Crippen LogP contribution >= 0.6 is 0 Å². The van der Waals surface area contributed by atoms with Gasteiger partial charge in [0.1, 0.15) is 11.6 Å². The Hall–Kier alpha value is -2.43. The molecule has 0 saturated heterocycles. The molecule has 0 bridgehead atoms. The number of amides is 1. The van der Waals surface area contributed by atoms with Crippen molar-refractivity contribution in [3.05, 3.63) is 59.5 Å². The zero-order valence-electron chi connectivity index (χ0n) is 13.6. The van der Waals surface area contributed by atoms with E-state index >= 15 is 0 Å². The van der Waals surface area contributed by atoms with Crippen LogP contribution in [0.25, 0.3) is 0 Å². The van der Waals surface area contributed by atoms with Crippen molar-refractivity contribution in [2.45, 2.75) is 26.3 Å². The van der Waals surface area contributed by atoms with Crippen LogP contribution in [0.1, 0.15) is 35.7 Å². The molecule has 0 radical (unpaired) electrons. The first kappa shape index (κ1) is 16.9. The van der Waals surface area contributed by atoms with Crippen LogP contribution in [0.4, 0.5) is 10.2 Å². The molecule has 0 atom stereocenters. The van der Waals surface area contributed by atoms with E-state index in [1.807, 2.05) is 13.1 Å². The molecule has 0 aliphatic rings. The van der Waals surface area contributed by atoms with Crippen molar-refractivity contribution < 1.29 is 9.18 Å². The van der Waals surface area contributed by atoms with E-state index < -0.39 is 0 Å². The number of carbonyl (C=O) groups excluding carboxylic acids is 1. The molecule has 0 unspecified atom stereocenters. The Balaban J connectivity index is 1.94. The lowest BCUT2D eigenvalue weighted by atomic mass is 10.2. The molecular weight excluding hydrogens is 293 g/mol. The van der Waals surface area contributed by atoms with Crippen LogP contribution in [0.5, 0.6) is 0 Å². The fourth-order valence-corrected chi connectivity index (χ4v) is 2.18. The molecule has 1 heterocycles. The zero-order chi connectivity index (χ0) is 16.7. The van der Waals surface area contributed by atoms with Gasteiger partial charge < -0.3 is 10.2 Å². The molecule has 2 rings (SSSR count). The summed E-state index contributed by atoms with van der Waals surface area (Å²) in [5.74, 6) is 0.256. The first-order valence-corrected chi connectivity index (χ1v) is 7.80. The van der Waals surface area contributed by atoms with E-state index in [-0.39, 0.29) is 18.3 Å². The van der Waals surface area contributed by atoms with Crippen LogP contribution in [-0.4, -0.2) is 24.5 Å². The number of nitrogens with one attached hydrogen (secondary N) is 1. The maximum Gasteiger partial charge on any atom is 0.253 e. The van der Waals surface area contributed by atoms with Gasteiger partial charge in [-0.3, -0.25) is 4.79 Å². The third kappa shape index (κ3) is 4.77. The number of carbonyl (C=O) groups is 1. The quantitative estimate of drug-likeness (QED) is 0.852. The van der Waals surface area contributed by atoms with Crippen molar-refractivity contribution in [3.63, 3.8) is 0 Å². The lowest BCUT2D eigenvalue weighted by molar-refractivity contribution is 0.0950. The maximum atomic E-state index is 13.5. The first-order chi connectivity index (χ1) is 11.1. The van der Waals surface area contributed by atoms with Gasteiger partial charge >= 0.3 is 0 Å². The summed E-state index contributed by atoms with van der Waals surface area (Å²) in [6.45, 7) is 3.23. The summed E-state index contributed by atoms with van der Waals surface area (Å²) >= 11 is 0. The third-order valence-electron chi connectivity index (χ3n) is 3.65. The summed E-state index contributed by atoms with van der Waals surface area (Å²) < 4.78 is 13.5. The van der Waals surface area contributed by atoms with Crippen molar-refractivity contribution in [3.8, 4) is 0 Å². The average Bonchev–Trinajstić information content (AvgIpc) is 2.59. The molecule has 0 saturated carbocycles. The van der Waals surface area contributed by atoms with Crippen LogP contribution in [0.15, 0.2) is 42.6 Å². The van der Waals surface area contributed by atoms with E-state index in [1.165, 1.54) is 6.07 Å². The number of pyridine rings is 1. The normalized spacial score (nSPS) is 10.4. The monoisotopic (exact) mass is 315 g/mol. The molecule has 23 heavy (non-hydrogen) atoms. The van der Waals surface area contributed by atoms with E-state index in [9.17, 15) is 9.18 Å². The molecule has 0 fully saturated rings. The van der Waals surface area contributed by atoms with Crippen LogP contribution in [-0.2, 0) is 6.54 Å². The van der Waals surface area contributed by atoms with E-state index in [0.29, 0.717) is 11.1 Å². The number of hydrogen-bond donors (Lipinski definition) is 1. The maximum absolute atomic E-state index is 13.5. The predicted octanol–water partition coefficient (Wildman–Crippen LogP) is 3.39. The molecule has 122 valence electrons. The van der Waals surface area contributed by atoms with Gasteiger partial charge in [0, 0.05) is 31.9 Å². The molecule has 1 aromatic carbocycles. The van der Waals surface area contributed by atoms with Crippen LogP contribution < -0.4 is 10.2 Å². The van der Waals surface area contributed by atoms with Crippen LogP contribution in [0, 0.1) is 5.82 Å². The van der Waals surface area contributed by atoms with E-state index in [0.717, 1.165) is 25.2 Å². The number of unbranched alkanes of at least 4 members (excludes halogenated alkanes) is 1. The summed E-state index contributed by atoms with van der Waals surface area (Å²) in [5.41, 5.74) is 0.929. The summed E-state index contributed by atoms with van der Waals surface area (Å²) in [6, 6.07) is 9.96. The summed E-state index contributed by atoms with van der Waals surface area (Å²) in [6.07, 6.45) is 3.78. The highest BCUT2D eigenvalue weighted by Gasteiger charge is 2.09. The fraction of sp³-hybridized carbons (Fsp3) is 0.333. The van der Waals surface area contributed by atoms with Crippen molar-refractivity contribution >= 4 is 11.7 Å². The topological polar surface area (TPSA) is 45.2 Å². The first-order valence-electron chi connectivity index (χ1n) is 7.80. The smallest absolute Gasteiger partial charge is 0.253 e. The Morgan fingerprint density at radius 1 is 1.26 bits per heavy atom. The number of benzene rings is 1. The summed E-state index contributed by atoms with van der Waals surface area (Å²) in [4.78, 5) is 18.5. The molecule has 1 N–H and O–H groups in total.